The van der Waals surface area contributed by atoms with Gasteiger partial charge in [-0.05, 0) is 70.9 Å². The minimum absolute atomic E-state index is 0.0901. The van der Waals surface area contributed by atoms with E-state index in [2.05, 4.69) is 10.6 Å². The lowest BCUT2D eigenvalue weighted by molar-refractivity contribution is -0.144. The maximum atomic E-state index is 14.6. The molecule has 0 bridgehead atoms. The Morgan fingerprint density at radius 3 is 2.12 bits per heavy atom. The van der Waals surface area contributed by atoms with E-state index in [0.717, 1.165) is 48.8 Å². The standard InChI is InChI=1S/C45H62N4O8/c1-7-14-32(42(54)36(50)19-20-38(52)47-40(43(46)55)33-22-28(2)21-29(3)23-33)25-37(51)35-26-34(57-45(4,5)6)27-49(35)44(56)41(31-17-12-9-13-18-31)48-39(53)24-30-15-10-8-11-16-30/h8,10-11,15-16,21-23,31-32,34-35,40-41H,7,9,12-14,17-20,24-27H2,1-6H3,(H2,46,55)(H,47,52)(H,48,53)/t32?,34-,35+,40?,41+/m1/s1. The van der Waals surface area contributed by atoms with Gasteiger partial charge in [-0.25, -0.2) is 0 Å². The number of hydrogen-bond donors (Lipinski definition) is 3. The maximum Gasteiger partial charge on any atom is 0.246 e. The fraction of sp³-hybridized carbons (Fsp3) is 0.578. The summed E-state index contributed by atoms with van der Waals surface area (Å²) < 4.78 is 6.30. The highest BCUT2D eigenvalue weighted by Crippen LogP contribution is 2.32. The molecular weight excluding hydrogens is 725 g/mol. The smallest absolute Gasteiger partial charge is 0.246 e. The number of hydrogen-bond acceptors (Lipinski definition) is 8. The van der Waals surface area contributed by atoms with Gasteiger partial charge in [-0.2, -0.15) is 0 Å². The average Bonchev–Trinajstić information content (AvgIpc) is 3.57. The number of nitrogens with two attached hydrogens (primary N) is 1. The summed E-state index contributed by atoms with van der Waals surface area (Å²) in [6, 6.07) is 11.9. The summed E-state index contributed by atoms with van der Waals surface area (Å²) in [5.74, 6) is -4.89. The van der Waals surface area contributed by atoms with Crippen LogP contribution in [0.5, 0.6) is 0 Å². The molecule has 4 rings (SSSR count). The summed E-state index contributed by atoms with van der Waals surface area (Å²) in [5, 5.41) is 5.63. The average molecular weight is 787 g/mol. The Morgan fingerprint density at radius 1 is 0.877 bits per heavy atom. The highest BCUT2D eigenvalue weighted by molar-refractivity contribution is 6.38. The maximum absolute atomic E-state index is 14.6. The van der Waals surface area contributed by atoms with Gasteiger partial charge in [0, 0.05) is 38.1 Å². The number of primary amides is 1. The largest absolute Gasteiger partial charge is 0.371 e. The van der Waals surface area contributed by atoms with Crippen molar-refractivity contribution in [1.29, 1.82) is 0 Å². The van der Waals surface area contributed by atoms with Gasteiger partial charge in [-0.1, -0.05) is 92.3 Å². The van der Waals surface area contributed by atoms with Gasteiger partial charge in [-0.3, -0.25) is 33.6 Å². The number of nitrogens with zero attached hydrogens (tertiary/aromatic N) is 1. The number of rotatable bonds is 19. The summed E-state index contributed by atoms with van der Waals surface area (Å²) in [7, 11) is 0. The second kappa shape index (κ2) is 20.6. The molecule has 2 aromatic carbocycles. The summed E-state index contributed by atoms with van der Waals surface area (Å²) in [4.78, 5) is 95.9. The molecule has 2 unspecified atom stereocenters. The van der Waals surface area contributed by atoms with Crippen LogP contribution in [0.1, 0.15) is 127 Å². The van der Waals surface area contributed by atoms with Crippen molar-refractivity contribution in [2.45, 2.75) is 148 Å². The first-order chi connectivity index (χ1) is 26.9. The molecule has 4 N–H and O–H groups in total. The van der Waals surface area contributed by atoms with E-state index in [4.69, 9.17) is 10.5 Å². The Bertz CT molecular complexity index is 1740. The molecule has 1 saturated heterocycles. The van der Waals surface area contributed by atoms with Gasteiger partial charge in [-0.15, -0.1) is 0 Å². The summed E-state index contributed by atoms with van der Waals surface area (Å²) >= 11 is 0. The molecule has 5 atom stereocenters. The highest BCUT2D eigenvalue weighted by Gasteiger charge is 2.46. The zero-order valence-electron chi connectivity index (χ0n) is 34.6. The van der Waals surface area contributed by atoms with Crippen molar-refractivity contribution in [2.75, 3.05) is 6.54 Å². The van der Waals surface area contributed by atoms with E-state index in [1.807, 2.05) is 77.9 Å². The number of carbonyl (C=O) groups is 7. The molecule has 0 spiro atoms. The van der Waals surface area contributed by atoms with Crippen LogP contribution in [0.25, 0.3) is 0 Å². The molecule has 1 aliphatic carbocycles. The first kappa shape index (κ1) is 45.0. The van der Waals surface area contributed by atoms with Crippen molar-refractivity contribution in [1.82, 2.24) is 15.5 Å². The lowest BCUT2D eigenvalue weighted by atomic mass is 9.83. The van der Waals surface area contributed by atoms with Crippen LogP contribution < -0.4 is 16.4 Å². The minimum Gasteiger partial charge on any atom is -0.371 e. The lowest BCUT2D eigenvalue weighted by Crippen LogP contribution is -2.55. The van der Waals surface area contributed by atoms with E-state index in [1.165, 1.54) is 4.90 Å². The van der Waals surface area contributed by atoms with Gasteiger partial charge in [0.1, 0.15) is 12.1 Å². The van der Waals surface area contributed by atoms with Crippen LogP contribution in [0.2, 0.25) is 0 Å². The zero-order valence-corrected chi connectivity index (χ0v) is 34.6. The van der Waals surface area contributed by atoms with E-state index in [0.29, 0.717) is 12.0 Å². The van der Waals surface area contributed by atoms with Crippen molar-refractivity contribution in [3.8, 4) is 0 Å². The summed E-state index contributed by atoms with van der Waals surface area (Å²) in [6.07, 6.45) is 4.15. The summed E-state index contributed by atoms with van der Waals surface area (Å²) in [5.41, 5.74) is 8.17. The van der Waals surface area contributed by atoms with Gasteiger partial charge in [0.2, 0.25) is 29.4 Å². The third kappa shape index (κ3) is 13.4. The highest BCUT2D eigenvalue weighted by atomic mass is 16.5. The molecule has 2 aromatic rings. The first-order valence-corrected chi connectivity index (χ1v) is 20.5. The van der Waals surface area contributed by atoms with Crippen molar-refractivity contribution in [3.63, 3.8) is 0 Å². The third-order valence-corrected chi connectivity index (χ3v) is 10.8. The monoisotopic (exact) mass is 786 g/mol. The van der Waals surface area contributed by atoms with Gasteiger partial charge in [0.25, 0.3) is 0 Å². The zero-order chi connectivity index (χ0) is 41.9. The molecule has 1 saturated carbocycles. The minimum atomic E-state index is -1.11. The molecule has 57 heavy (non-hydrogen) atoms. The molecule has 1 heterocycles. The van der Waals surface area contributed by atoms with Crippen molar-refractivity contribution in [3.05, 3.63) is 70.8 Å². The quantitative estimate of drug-likeness (QED) is 0.160. The van der Waals surface area contributed by atoms with E-state index in [-0.39, 0.29) is 62.2 Å². The van der Waals surface area contributed by atoms with Crippen molar-refractivity contribution >= 4 is 41.0 Å². The molecule has 0 aromatic heterocycles. The number of Topliss-reactive ketones (excluding diaryl/α,β-unsaturated/α-hetero) is 3. The second-order valence-corrected chi connectivity index (χ2v) is 17.0. The predicted molar refractivity (Wildman–Crippen MR) is 217 cm³/mol. The molecule has 0 radical (unpaired) electrons. The first-order valence-electron chi connectivity index (χ1n) is 20.5. The third-order valence-electron chi connectivity index (χ3n) is 10.8. The molecule has 12 heteroatoms. The number of carbonyl (C=O) groups excluding carboxylic acids is 7. The van der Waals surface area contributed by atoms with Crippen molar-refractivity contribution < 1.29 is 38.3 Å². The molecule has 12 nitrogen and oxygen atoms in total. The van der Waals surface area contributed by atoms with Gasteiger partial charge in [0.15, 0.2) is 11.6 Å². The van der Waals surface area contributed by atoms with E-state index in [1.54, 1.807) is 12.1 Å². The second-order valence-electron chi connectivity index (χ2n) is 17.0. The van der Waals surface area contributed by atoms with Crippen LogP contribution in [0, 0.1) is 25.7 Å². The number of likely N-dealkylation sites (tertiary alicyclic amines) is 1. The Morgan fingerprint density at radius 2 is 1.53 bits per heavy atom. The van der Waals surface area contributed by atoms with E-state index in [9.17, 15) is 33.6 Å². The molecule has 2 fully saturated rings. The van der Waals surface area contributed by atoms with Crippen LogP contribution >= 0.6 is 0 Å². The molecule has 4 amide bonds. The van der Waals surface area contributed by atoms with Crippen molar-refractivity contribution in [2.24, 2.45) is 17.6 Å². The Kier molecular flexibility index (Phi) is 16.3. The molecule has 310 valence electrons. The number of ketones is 3. The van der Waals surface area contributed by atoms with Crippen LogP contribution in [0.3, 0.4) is 0 Å². The van der Waals surface area contributed by atoms with Gasteiger partial charge in [0.05, 0.1) is 24.2 Å². The Balaban J connectivity index is 1.48. The number of benzene rings is 2. The molecular formula is C45H62N4O8. The number of amides is 4. The van der Waals surface area contributed by atoms with Gasteiger partial charge < -0.3 is 26.0 Å². The fourth-order valence-electron chi connectivity index (χ4n) is 8.32. The van der Waals surface area contributed by atoms with Crippen LogP contribution in [0.4, 0.5) is 0 Å². The van der Waals surface area contributed by atoms with Crippen LogP contribution in [-0.2, 0) is 44.7 Å². The predicted octanol–water partition coefficient (Wildman–Crippen LogP) is 5.33. The Hall–Kier alpha value is -4.71. The molecule has 2 aliphatic rings. The SMILES string of the molecule is CCCC(CC(=O)[C@@H]1C[C@@H](OC(C)(C)C)CN1C(=O)[C@@H](NC(=O)Cc1ccccc1)C1CCCCC1)C(=O)C(=O)CCC(=O)NC(C(N)=O)c1cc(C)cc(C)c1. The molecule has 1 aliphatic heterocycles. The van der Waals surface area contributed by atoms with Crippen LogP contribution in [-0.4, -0.2) is 76.2 Å². The number of nitrogens with one attached hydrogen (secondary N) is 2. The summed E-state index contributed by atoms with van der Waals surface area (Å²) in [6.45, 7) is 11.4. The van der Waals surface area contributed by atoms with Gasteiger partial charge >= 0.3 is 0 Å². The number of ether oxygens (including phenoxy) is 1. The Labute approximate surface area is 337 Å². The van der Waals surface area contributed by atoms with E-state index < -0.39 is 65.6 Å². The fourth-order valence-corrected chi connectivity index (χ4v) is 8.32. The topological polar surface area (TPSA) is 182 Å². The van der Waals surface area contributed by atoms with E-state index >= 15 is 0 Å². The van der Waals surface area contributed by atoms with Crippen LogP contribution in [0.15, 0.2) is 48.5 Å². The number of aryl methyl sites for hydroxylation is 2. The normalized spacial score (nSPS) is 18.9. The lowest BCUT2D eigenvalue weighted by Gasteiger charge is -2.35.